The normalized spacial score (nSPS) is 11.2. The molecule has 0 bridgehead atoms. The van der Waals surface area contributed by atoms with Gasteiger partial charge in [-0.1, -0.05) is 13.8 Å². The van der Waals surface area contributed by atoms with Crippen LogP contribution in [0.5, 0.6) is 0 Å². The van der Waals surface area contributed by atoms with E-state index in [-0.39, 0.29) is 29.4 Å². The van der Waals surface area contributed by atoms with E-state index in [9.17, 15) is 9.59 Å². The van der Waals surface area contributed by atoms with E-state index in [4.69, 9.17) is 8.37 Å². The van der Waals surface area contributed by atoms with Crippen LogP contribution in [0.4, 0.5) is 0 Å². The molecule has 0 spiro atoms. The van der Waals surface area contributed by atoms with Crippen LogP contribution >= 0.6 is 36.7 Å². The molecule has 0 amide bonds. The molecule has 0 aliphatic rings. The standard InChI is InChI=1S/C10H20O4S3/c1-3-8(11)13-17(14-9(12)4-2)7-5-6-10(15)16/h10,15-17H,3-7H2,1-2H3. The number of carbonyl (C=O) groups excluding carboxylic acids is 2. The molecule has 4 nitrogen and oxygen atoms in total. The first-order valence-corrected chi connectivity index (χ1v) is 7.94. The minimum absolute atomic E-state index is 0.00407. The molecule has 0 aromatic rings. The van der Waals surface area contributed by atoms with E-state index in [1.807, 2.05) is 0 Å². The molecule has 17 heavy (non-hydrogen) atoms. The van der Waals surface area contributed by atoms with E-state index < -0.39 is 11.5 Å². The molecule has 0 aliphatic carbocycles. The second kappa shape index (κ2) is 9.96. The SMILES string of the molecule is CCC(=O)O[SH](CCCC(S)S)OC(=O)CC. The van der Waals surface area contributed by atoms with Crippen molar-refractivity contribution in [3.8, 4) is 0 Å². The molecule has 0 saturated heterocycles. The fourth-order valence-corrected chi connectivity index (χ4v) is 2.61. The zero-order valence-electron chi connectivity index (χ0n) is 10.1. The number of hydrogen-bond donors (Lipinski definition) is 3. The molecule has 0 aromatic heterocycles. The summed E-state index contributed by atoms with van der Waals surface area (Å²) >= 11 is 6.82. The van der Waals surface area contributed by atoms with E-state index in [2.05, 4.69) is 25.3 Å². The van der Waals surface area contributed by atoms with E-state index in [1.165, 1.54) is 0 Å². The molecule has 0 radical (unpaired) electrons. The van der Waals surface area contributed by atoms with Gasteiger partial charge in [0.2, 0.25) is 0 Å². The van der Waals surface area contributed by atoms with Crippen LogP contribution in [0, 0.1) is 0 Å². The van der Waals surface area contributed by atoms with Gasteiger partial charge in [-0.2, -0.15) is 25.3 Å². The summed E-state index contributed by atoms with van der Waals surface area (Å²) in [5.74, 6) is -0.133. The van der Waals surface area contributed by atoms with Gasteiger partial charge in [0.05, 0.1) is 5.75 Å². The zero-order valence-corrected chi connectivity index (χ0v) is 12.8. The summed E-state index contributed by atoms with van der Waals surface area (Å²) in [6.07, 6.45) is 2.10. The van der Waals surface area contributed by atoms with Crippen molar-refractivity contribution in [2.75, 3.05) is 5.75 Å². The van der Waals surface area contributed by atoms with Crippen molar-refractivity contribution in [2.45, 2.75) is 44.1 Å². The average Bonchev–Trinajstić information content (AvgIpc) is 2.27. The second-order valence-corrected chi connectivity index (χ2v) is 6.44. The maximum Gasteiger partial charge on any atom is 0.328 e. The van der Waals surface area contributed by atoms with E-state index in [1.54, 1.807) is 13.8 Å². The summed E-state index contributed by atoms with van der Waals surface area (Å²) < 4.78 is 10.2. The summed E-state index contributed by atoms with van der Waals surface area (Å²) in [4.78, 5) is 22.3. The molecule has 0 atom stereocenters. The Morgan fingerprint density at radius 3 is 1.94 bits per heavy atom. The Bertz CT molecular complexity index is 228. The largest absolute Gasteiger partial charge is 0.347 e. The van der Waals surface area contributed by atoms with Crippen LogP contribution in [-0.2, 0) is 18.0 Å². The Hall–Kier alpha value is -0.0100. The molecule has 0 heterocycles. The van der Waals surface area contributed by atoms with E-state index in [0.29, 0.717) is 5.75 Å². The van der Waals surface area contributed by atoms with Gasteiger partial charge in [0, 0.05) is 17.4 Å². The van der Waals surface area contributed by atoms with Gasteiger partial charge < -0.3 is 8.37 Å². The van der Waals surface area contributed by atoms with Crippen molar-refractivity contribution in [3.63, 3.8) is 0 Å². The van der Waals surface area contributed by atoms with Crippen molar-refractivity contribution in [1.82, 2.24) is 0 Å². The summed E-state index contributed by atoms with van der Waals surface area (Å²) in [6, 6.07) is 0. The highest BCUT2D eigenvalue weighted by atomic mass is 32.2. The lowest BCUT2D eigenvalue weighted by atomic mass is 10.4. The van der Waals surface area contributed by atoms with Crippen LogP contribution in [0.25, 0.3) is 0 Å². The van der Waals surface area contributed by atoms with Crippen LogP contribution in [0.2, 0.25) is 0 Å². The zero-order chi connectivity index (χ0) is 13.3. The molecule has 0 saturated carbocycles. The Morgan fingerprint density at radius 1 is 1.12 bits per heavy atom. The van der Waals surface area contributed by atoms with Gasteiger partial charge >= 0.3 is 11.9 Å². The summed E-state index contributed by atoms with van der Waals surface area (Å²) in [5.41, 5.74) is 0. The minimum Gasteiger partial charge on any atom is -0.347 e. The van der Waals surface area contributed by atoms with Gasteiger partial charge in [-0.3, -0.25) is 9.59 Å². The van der Waals surface area contributed by atoms with Crippen molar-refractivity contribution in [3.05, 3.63) is 0 Å². The first-order chi connectivity index (χ1) is 7.99. The third-order valence-corrected chi connectivity index (χ3v) is 3.80. The molecule has 0 rings (SSSR count). The van der Waals surface area contributed by atoms with Gasteiger partial charge in [0.15, 0.2) is 0 Å². The smallest absolute Gasteiger partial charge is 0.328 e. The predicted molar refractivity (Wildman–Crippen MR) is 77.6 cm³/mol. The van der Waals surface area contributed by atoms with Crippen molar-refractivity contribution >= 4 is 48.7 Å². The predicted octanol–water partition coefficient (Wildman–Crippen LogP) is 2.69. The Labute approximate surface area is 116 Å². The average molecular weight is 300 g/mol. The molecule has 0 unspecified atom stereocenters. The van der Waals surface area contributed by atoms with Gasteiger partial charge in [-0.05, 0) is 12.8 Å². The summed E-state index contributed by atoms with van der Waals surface area (Å²) in [6.45, 7) is 3.41. The first kappa shape index (κ1) is 17.0. The molecular formula is C10H20O4S3. The topological polar surface area (TPSA) is 52.6 Å². The highest BCUT2D eigenvalue weighted by molar-refractivity contribution is 8.09. The quantitative estimate of drug-likeness (QED) is 0.476. The van der Waals surface area contributed by atoms with Crippen LogP contribution in [0.1, 0.15) is 39.5 Å². The Morgan fingerprint density at radius 2 is 1.59 bits per heavy atom. The second-order valence-electron chi connectivity index (χ2n) is 3.31. The van der Waals surface area contributed by atoms with Crippen molar-refractivity contribution < 1.29 is 18.0 Å². The van der Waals surface area contributed by atoms with E-state index in [0.717, 1.165) is 12.8 Å². The highest BCUT2D eigenvalue weighted by Gasteiger charge is 2.11. The third-order valence-electron chi connectivity index (χ3n) is 1.79. The lowest BCUT2D eigenvalue weighted by Crippen LogP contribution is -2.10. The Kier molecular flexibility index (Phi) is 9.96. The van der Waals surface area contributed by atoms with Gasteiger partial charge in [-0.25, -0.2) is 0 Å². The Balaban J connectivity index is 4.10. The maximum atomic E-state index is 11.2. The van der Waals surface area contributed by atoms with Crippen LogP contribution in [0.3, 0.4) is 0 Å². The van der Waals surface area contributed by atoms with Gasteiger partial charge in [0.25, 0.3) is 0 Å². The molecule has 102 valence electrons. The fraction of sp³-hybridized carbons (Fsp3) is 0.800. The lowest BCUT2D eigenvalue weighted by Gasteiger charge is -2.24. The summed E-state index contributed by atoms with van der Waals surface area (Å²) in [5, 5.41) is 0. The van der Waals surface area contributed by atoms with Crippen LogP contribution < -0.4 is 0 Å². The monoisotopic (exact) mass is 300 g/mol. The van der Waals surface area contributed by atoms with Crippen LogP contribution in [-0.4, -0.2) is 22.3 Å². The van der Waals surface area contributed by atoms with E-state index >= 15 is 0 Å². The number of carbonyl (C=O) groups is 2. The molecule has 0 aliphatic heterocycles. The number of rotatable bonds is 8. The highest BCUT2D eigenvalue weighted by Crippen LogP contribution is 2.31. The number of thiol groups is 3. The minimum atomic E-state index is -1.45. The van der Waals surface area contributed by atoms with Crippen molar-refractivity contribution in [1.29, 1.82) is 0 Å². The number of hydrogen-bond acceptors (Lipinski definition) is 6. The molecule has 0 aromatic carbocycles. The molecule has 0 fully saturated rings. The van der Waals surface area contributed by atoms with Crippen molar-refractivity contribution in [2.24, 2.45) is 0 Å². The lowest BCUT2D eigenvalue weighted by molar-refractivity contribution is -0.136. The van der Waals surface area contributed by atoms with Gasteiger partial charge in [-0.15, -0.1) is 11.5 Å². The molecular weight excluding hydrogens is 280 g/mol. The maximum absolute atomic E-state index is 11.2. The fourth-order valence-electron chi connectivity index (χ4n) is 0.869. The molecule has 0 N–H and O–H groups in total. The van der Waals surface area contributed by atoms with Crippen LogP contribution in [0.15, 0.2) is 0 Å². The third kappa shape index (κ3) is 9.67. The summed E-state index contributed by atoms with van der Waals surface area (Å²) in [7, 11) is 0. The first-order valence-electron chi connectivity index (χ1n) is 5.54. The molecule has 7 heteroatoms. The van der Waals surface area contributed by atoms with Gasteiger partial charge in [0.1, 0.15) is 0 Å².